The number of halogens is 3. The molecule has 0 unspecified atom stereocenters. The molecule has 1 rings (SSSR count). The number of thioether (sulfide) groups is 1. The number of hydrogen-bond donors (Lipinski definition) is 0. The lowest BCUT2D eigenvalue weighted by Gasteiger charge is -2.00. The van der Waals surface area contributed by atoms with E-state index in [4.69, 9.17) is 0 Å². The van der Waals surface area contributed by atoms with E-state index >= 15 is 0 Å². The van der Waals surface area contributed by atoms with Gasteiger partial charge >= 0.3 is 0 Å². The van der Waals surface area contributed by atoms with Gasteiger partial charge in [-0.15, -0.1) is 11.8 Å². The van der Waals surface area contributed by atoms with Crippen LogP contribution in [0.4, 0.5) is 8.78 Å². The van der Waals surface area contributed by atoms with Crippen molar-refractivity contribution in [2.24, 2.45) is 0 Å². The van der Waals surface area contributed by atoms with Crippen LogP contribution < -0.4 is 0 Å². The summed E-state index contributed by atoms with van der Waals surface area (Å²) in [5.74, 6) is -0.142. The predicted octanol–water partition coefficient (Wildman–Crippen LogP) is 3.81. The van der Waals surface area contributed by atoms with Crippen molar-refractivity contribution in [1.82, 2.24) is 0 Å². The van der Waals surface area contributed by atoms with E-state index < -0.39 is 6.43 Å². The van der Waals surface area contributed by atoms with Crippen LogP contribution in [0.15, 0.2) is 33.6 Å². The van der Waals surface area contributed by atoms with Gasteiger partial charge in [-0.05, 0) is 18.2 Å². The van der Waals surface area contributed by atoms with E-state index in [1.165, 1.54) is 0 Å². The minimum atomic E-state index is -2.24. The molecule has 0 bridgehead atoms. The number of benzene rings is 1. The molecule has 0 atom stereocenters. The quantitative estimate of drug-likeness (QED) is 0.738. The molecule has 1 aromatic rings. The van der Waals surface area contributed by atoms with Crippen molar-refractivity contribution in [1.29, 1.82) is 0 Å². The minimum absolute atomic E-state index is 0.142. The summed E-state index contributed by atoms with van der Waals surface area (Å²) in [5, 5.41) is 0. The highest BCUT2D eigenvalue weighted by Crippen LogP contribution is 2.23. The van der Waals surface area contributed by atoms with E-state index in [0.717, 1.165) is 21.1 Å². The average molecular weight is 253 g/mol. The summed E-state index contributed by atoms with van der Waals surface area (Å²) in [7, 11) is 0. The predicted molar refractivity (Wildman–Crippen MR) is 50.9 cm³/mol. The maximum Gasteiger partial charge on any atom is 0.247 e. The summed E-state index contributed by atoms with van der Waals surface area (Å²) in [5.41, 5.74) is 0. The highest BCUT2D eigenvalue weighted by Gasteiger charge is 2.03. The van der Waals surface area contributed by atoms with Gasteiger partial charge in [-0.1, -0.05) is 22.0 Å². The van der Waals surface area contributed by atoms with Crippen molar-refractivity contribution in [3.8, 4) is 0 Å². The minimum Gasteiger partial charge on any atom is -0.210 e. The lowest BCUT2D eigenvalue weighted by molar-refractivity contribution is 0.177. The molecule has 0 aromatic heterocycles. The highest BCUT2D eigenvalue weighted by atomic mass is 79.9. The van der Waals surface area contributed by atoms with E-state index in [1.807, 2.05) is 24.3 Å². The van der Waals surface area contributed by atoms with Crippen molar-refractivity contribution in [2.45, 2.75) is 11.3 Å². The average Bonchev–Trinajstić information content (AvgIpc) is 2.01. The van der Waals surface area contributed by atoms with Crippen molar-refractivity contribution >= 4 is 27.7 Å². The summed E-state index contributed by atoms with van der Waals surface area (Å²) in [6.45, 7) is 0. The van der Waals surface area contributed by atoms with Crippen LogP contribution in [-0.2, 0) is 0 Å². The van der Waals surface area contributed by atoms with E-state index in [9.17, 15) is 8.78 Å². The van der Waals surface area contributed by atoms with Crippen molar-refractivity contribution in [3.63, 3.8) is 0 Å². The zero-order valence-electron chi connectivity index (χ0n) is 6.14. The van der Waals surface area contributed by atoms with Gasteiger partial charge in [-0.3, -0.25) is 0 Å². The molecule has 66 valence electrons. The lowest BCUT2D eigenvalue weighted by Crippen LogP contribution is -1.92. The fourth-order valence-corrected chi connectivity index (χ4v) is 1.97. The Morgan fingerprint density at radius 1 is 1.42 bits per heavy atom. The molecule has 0 saturated heterocycles. The summed E-state index contributed by atoms with van der Waals surface area (Å²) >= 11 is 4.43. The van der Waals surface area contributed by atoms with Gasteiger partial charge < -0.3 is 0 Å². The molecule has 12 heavy (non-hydrogen) atoms. The molecule has 0 nitrogen and oxygen atoms in total. The van der Waals surface area contributed by atoms with Gasteiger partial charge in [0.15, 0.2) is 0 Å². The second-order valence-electron chi connectivity index (χ2n) is 2.16. The van der Waals surface area contributed by atoms with Crippen molar-refractivity contribution in [2.75, 3.05) is 5.75 Å². The molecule has 0 N–H and O–H groups in total. The summed E-state index contributed by atoms with van der Waals surface area (Å²) in [6.07, 6.45) is -2.24. The normalized spacial score (nSPS) is 10.7. The van der Waals surface area contributed by atoms with Crippen molar-refractivity contribution < 1.29 is 8.78 Å². The molecule has 0 amide bonds. The Labute approximate surface area is 82.5 Å². The van der Waals surface area contributed by atoms with E-state index in [0.29, 0.717) is 0 Å². The highest BCUT2D eigenvalue weighted by molar-refractivity contribution is 9.10. The first-order valence-electron chi connectivity index (χ1n) is 3.35. The summed E-state index contributed by atoms with van der Waals surface area (Å²) in [6, 6.07) is 7.34. The molecule has 0 heterocycles. The van der Waals surface area contributed by atoms with Crippen LogP contribution in [0.25, 0.3) is 0 Å². The van der Waals surface area contributed by atoms with Crippen LogP contribution in [0.2, 0.25) is 0 Å². The van der Waals surface area contributed by atoms with Crippen LogP contribution in [-0.4, -0.2) is 12.2 Å². The van der Waals surface area contributed by atoms with Gasteiger partial charge in [0.05, 0.1) is 5.75 Å². The molecule has 1 aromatic carbocycles. The summed E-state index contributed by atoms with van der Waals surface area (Å²) < 4.78 is 24.5. The summed E-state index contributed by atoms with van der Waals surface area (Å²) in [4.78, 5) is 0.865. The molecule has 4 heteroatoms. The third kappa shape index (κ3) is 3.54. The first kappa shape index (κ1) is 9.99. The SMILES string of the molecule is FC(F)CSc1cccc(Br)c1. The second kappa shape index (κ2) is 4.82. The Balaban J connectivity index is 2.52. The molecular formula is C8H7BrF2S. The van der Waals surface area contributed by atoms with Crippen molar-refractivity contribution in [3.05, 3.63) is 28.7 Å². The van der Waals surface area contributed by atoms with E-state index in [-0.39, 0.29) is 5.75 Å². The monoisotopic (exact) mass is 252 g/mol. The maximum absolute atomic E-state index is 11.8. The number of rotatable bonds is 3. The lowest BCUT2D eigenvalue weighted by atomic mass is 10.4. The Bertz CT molecular complexity index is 253. The first-order valence-corrected chi connectivity index (χ1v) is 5.13. The maximum atomic E-state index is 11.8. The Morgan fingerprint density at radius 3 is 2.75 bits per heavy atom. The molecule has 0 aliphatic heterocycles. The fraction of sp³-hybridized carbons (Fsp3) is 0.250. The molecule has 0 spiro atoms. The van der Waals surface area contributed by atoms with Crippen LogP contribution in [0.3, 0.4) is 0 Å². The van der Waals surface area contributed by atoms with E-state index in [1.54, 1.807) is 0 Å². The second-order valence-corrected chi connectivity index (χ2v) is 4.17. The zero-order chi connectivity index (χ0) is 8.97. The largest absolute Gasteiger partial charge is 0.247 e. The third-order valence-electron chi connectivity index (χ3n) is 1.17. The van der Waals surface area contributed by atoms with Crippen LogP contribution in [0.1, 0.15) is 0 Å². The van der Waals surface area contributed by atoms with Crippen LogP contribution >= 0.6 is 27.7 Å². The van der Waals surface area contributed by atoms with E-state index in [2.05, 4.69) is 15.9 Å². The standard InChI is InChI=1S/C8H7BrF2S/c9-6-2-1-3-7(4-6)12-5-8(10)11/h1-4,8H,5H2. The first-order chi connectivity index (χ1) is 5.68. The Kier molecular flexibility index (Phi) is 4.01. The van der Waals surface area contributed by atoms with Gasteiger partial charge in [0.2, 0.25) is 6.43 Å². The molecule has 0 aliphatic rings. The smallest absolute Gasteiger partial charge is 0.210 e. The van der Waals surface area contributed by atoms with Gasteiger partial charge in [0, 0.05) is 9.37 Å². The van der Waals surface area contributed by atoms with Gasteiger partial charge in [-0.2, -0.15) is 0 Å². The molecule has 0 aliphatic carbocycles. The number of alkyl halides is 2. The molecule has 0 saturated carbocycles. The molecular weight excluding hydrogens is 246 g/mol. The van der Waals surface area contributed by atoms with Gasteiger partial charge in [0.25, 0.3) is 0 Å². The van der Waals surface area contributed by atoms with Gasteiger partial charge in [0.1, 0.15) is 0 Å². The third-order valence-corrected chi connectivity index (χ3v) is 2.67. The Hall–Kier alpha value is -0.0900. The van der Waals surface area contributed by atoms with Gasteiger partial charge in [-0.25, -0.2) is 8.78 Å². The van der Waals surface area contributed by atoms with Crippen LogP contribution in [0, 0.1) is 0 Å². The Morgan fingerprint density at radius 2 is 2.17 bits per heavy atom. The topological polar surface area (TPSA) is 0 Å². The zero-order valence-corrected chi connectivity index (χ0v) is 8.54. The van der Waals surface area contributed by atoms with Crippen LogP contribution in [0.5, 0.6) is 0 Å². The molecule has 0 radical (unpaired) electrons. The fourth-order valence-electron chi connectivity index (χ4n) is 0.716. The molecule has 0 fully saturated rings. The number of hydrogen-bond acceptors (Lipinski definition) is 1.